The molecule has 0 aliphatic carbocycles. The molecule has 0 aromatic heterocycles. The van der Waals surface area contributed by atoms with Crippen molar-refractivity contribution in [3.63, 3.8) is 0 Å². The molecule has 2 aliphatic heterocycles. The Morgan fingerprint density at radius 1 is 1.32 bits per heavy atom. The Morgan fingerprint density at radius 3 is 2.61 bits per heavy atom. The number of thioether (sulfide) groups is 1. The van der Waals surface area contributed by atoms with Crippen molar-refractivity contribution in [3.05, 3.63) is 41.8 Å². The van der Waals surface area contributed by atoms with Crippen LogP contribution in [0, 0.1) is 0 Å². The summed E-state index contributed by atoms with van der Waals surface area (Å²) in [5.41, 5.74) is -0.537. The second kappa shape index (κ2) is 7.72. The van der Waals surface area contributed by atoms with Gasteiger partial charge in [-0.2, -0.15) is 8.42 Å². The molecule has 2 aliphatic rings. The highest BCUT2D eigenvalue weighted by Gasteiger charge is 2.55. The van der Waals surface area contributed by atoms with Crippen molar-refractivity contribution >= 4 is 39.7 Å². The van der Waals surface area contributed by atoms with Gasteiger partial charge in [-0.1, -0.05) is 18.2 Å². The number of hydrogen-bond acceptors (Lipinski definition) is 8. The Kier molecular flexibility index (Phi) is 5.52. The maximum atomic E-state index is 12.4. The number of para-hydroxylation sites is 1. The number of ether oxygens (including phenoxy) is 1. The predicted octanol–water partition coefficient (Wildman–Crippen LogP) is -0.262. The molecule has 2 amide bonds. The van der Waals surface area contributed by atoms with E-state index in [9.17, 15) is 27.9 Å². The molecule has 0 radical (unpaired) electrons. The summed E-state index contributed by atoms with van der Waals surface area (Å²) in [4.78, 5) is 36.9. The largest absolute Gasteiger partial charge is 0.484 e. The molecule has 150 valence electrons. The normalized spacial score (nSPS) is 21.5. The highest BCUT2D eigenvalue weighted by molar-refractivity contribution is 8.00. The summed E-state index contributed by atoms with van der Waals surface area (Å²) in [5.74, 6) is -2.62. The summed E-state index contributed by atoms with van der Waals surface area (Å²) in [6, 6.07) is 7.70. The van der Waals surface area contributed by atoms with Gasteiger partial charge in [0.05, 0.1) is 12.0 Å². The molecule has 0 unspecified atom stereocenters. The summed E-state index contributed by atoms with van der Waals surface area (Å²) in [7, 11) is -3.95. The van der Waals surface area contributed by atoms with E-state index in [0.717, 1.165) is 22.9 Å². The zero-order valence-electron chi connectivity index (χ0n) is 14.5. The Hall–Kier alpha value is -2.73. The van der Waals surface area contributed by atoms with Crippen molar-refractivity contribution in [1.29, 1.82) is 0 Å². The SMILES string of the molecule is CS(=O)(=O)OC1=C(C(=O)O)N2C(=O)[C@@H](NC(=O)COc3ccccc3)[C@H]2SC1. The van der Waals surface area contributed by atoms with Gasteiger partial charge in [0.25, 0.3) is 11.8 Å². The summed E-state index contributed by atoms with van der Waals surface area (Å²) in [6.45, 7) is -0.310. The van der Waals surface area contributed by atoms with Gasteiger partial charge in [0, 0.05) is 0 Å². The van der Waals surface area contributed by atoms with Gasteiger partial charge in [-0.3, -0.25) is 14.5 Å². The first-order valence-electron chi connectivity index (χ1n) is 7.95. The van der Waals surface area contributed by atoms with E-state index >= 15 is 0 Å². The zero-order valence-corrected chi connectivity index (χ0v) is 16.2. The fourth-order valence-corrected chi connectivity index (χ4v) is 4.55. The molecule has 2 atom stereocenters. The van der Waals surface area contributed by atoms with Crippen LogP contribution in [-0.2, 0) is 28.7 Å². The van der Waals surface area contributed by atoms with Crippen molar-refractivity contribution in [1.82, 2.24) is 10.2 Å². The van der Waals surface area contributed by atoms with Gasteiger partial charge in [0.1, 0.15) is 17.2 Å². The molecule has 1 aromatic rings. The molecule has 3 rings (SSSR count). The lowest BCUT2D eigenvalue weighted by atomic mass is 10.0. The molecule has 0 bridgehead atoms. The Labute approximate surface area is 164 Å². The highest BCUT2D eigenvalue weighted by Crippen LogP contribution is 2.40. The summed E-state index contributed by atoms with van der Waals surface area (Å²) >= 11 is 1.09. The third-order valence-corrected chi connectivity index (χ3v) is 5.57. The van der Waals surface area contributed by atoms with Crippen LogP contribution in [0.5, 0.6) is 5.75 Å². The van der Waals surface area contributed by atoms with Gasteiger partial charge in [0.15, 0.2) is 18.1 Å². The minimum atomic E-state index is -3.95. The first-order chi connectivity index (χ1) is 13.2. The minimum Gasteiger partial charge on any atom is -0.484 e. The number of nitrogens with one attached hydrogen (secondary N) is 1. The highest BCUT2D eigenvalue weighted by atomic mass is 32.2. The van der Waals surface area contributed by atoms with Gasteiger partial charge in [0.2, 0.25) is 0 Å². The molecular weight excluding hydrogens is 412 g/mol. The summed E-state index contributed by atoms with van der Waals surface area (Å²) < 4.78 is 32.7. The van der Waals surface area contributed by atoms with Crippen molar-refractivity contribution in [2.75, 3.05) is 18.6 Å². The van der Waals surface area contributed by atoms with Crippen LogP contribution in [-0.4, -0.2) is 66.2 Å². The summed E-state index contributed by atoms with van der Waals surface area (Å²) in [5, 5.41) is 11.2. The Balaban J connectivity index is 1.66. The Bertz CT molecular complexity index is 945. The number of rotatable bonds is 7. The number of carbonyl (C=O) groups excluding carboxylic acids is 2. The average Bonchev–Trinajstić information content (AvgIpc) is 2.63. The van der Waals surface area contributed by atoms with E-state index in [2.05, 4.69) is 5.32 Å². The van der Waals surface area contributed by atoms with E-state index in [1.165, 1.54) is 0 Å². The molecule has 0 spiro atoms. The van der Waals surface area contributed by atoms with Crippen LogP contribution in [0.1, 0.15) is 0 Å². The molecule has 12 heteroatoms. The van der Waals surface area contributed by atoms with Crippen LogP contribution in [0.4, 0.5) is 0 Å². The number of fused-ring (bicyclic) bond motifs is 1. The van der Waals surface area contributed by atoms with Gasteiger partial charge in [-0.05, 0) is 12.1 Å². The van der Waals surface area contributed by atoms with Gasteiger partial charge in [-0.15, -0.1) is 11.8 Å². The van der Waals surface area contributed by atoms with Crippen molar-refractivity contribution in [3.8, 4) is 5.75 Å². The number of aliphatic carboxylic acids is 1. The van der Waals surface area contributed by atoms with Crippen LogP contribution in [0.15, 0.2) is 41.8 Å². The maximum Gasteiger partial charge on any atom is 0.356 e. The minimum absolute atomic E-state index is 0.0734. The quantitative estimate of drug-likeness (QED) is 0.444. The standard InChI is InChI=1S/C16H16N2O8S2/c1-28(23,24)26-10-8-27-15-12(14(20)18(15)13(10)16(21)22)17-11(19)7-25-9-5-3-2-4-6-9/h2-6,12,15H,7-8H2,1H3,(H,17,19)(H,21,22)/t12-,15-/m1/s1. The van der Waals surface area contributed by atoms with E-state index in [1.54, 1.807) is 30.3 Å². The number of amides is 2. The lowest BCUT2D eigenvalue weighted by molar-refractivity contribution is -0.151. The van der Waals surface area contributed by atoms with Crippen LogP contribution < -0.4 is 10.1 Å². The third-order valence-electron chi connectivity index (χ3n) is 3.82. The van der Waals surface area contributed by atoms with E-state index in [4.69, 9.17) is 8.92 Å². The summed E-state index contributed by atoms with van der Waals surface area (Å²) in [6.07, 6.45) is 0.782. The van der Waals surface area contributed by atoms with Crippen LogP contribution >= 0.6 is 11.8 Å². The van der Waals surface area contributed by atoms with Crippen LogP contribution in [0.3, 0.4) is 0 Å². The fourth-order valence-electron chi connectivity index (χ4n) is 2.72. The lowest BCUT2D eigenvalue weighted by Gasteiger charge is -2.48. The molecule has 1 saturated heterocycles. The monoisotopic (exact) mass is 428 g/mol. The van der Waals surface area contributed by atoms with E-state index in [0.29, 0.717) is 5.75 Å². The number of carboxylic acids is 1. The topological polar surface area (TPSA) is 139 Å². The number of benzene rings is 1. The third kappa shape index (κ3) is 4.22. The molecule has 10 nitrogen and oxygen atoms in total. The van der Waals surface area contributed by atoms with E-state index in [-0.39, 0.29) is 18.1 Å². The van der Waals surface area contributed by atoms with Crippen molar-refractivity contribution < 1.29 is 36.8 Å². The van der Waals surface area contributed by atoms with Gasteiger partial charge in [-0.25, -0.2) is 4.79 Å². The molecule has 0 saturated carbocycles. The first-order valence-corrected chi connectivity index (χ1v) is 10.8. The number of β-lactam (4-membered cyclic amide) rings is 1. The molecule has 1 aromatic carbocycles. The molecular formula is C16H16N2O8S2. The predicted molar refractivity (Wildman–Crippen MR) is 97.6 cm³/mol. The van der Waals surface area contributed by atoms with Gasteiger partial charge < -0.3 is 19.3 Å². The molecule has 28 heavy (non-hydrogen) atoms. The van der Waals surface area contributed by atoms with Crippen molar-refractivity contribution in [2.45, 2.75) is 11.4 Å². The molecule has 2 heterocycles. The van der Waals surface area contributed by atoms with Crippen LogP contribution in [0.25, 0.3) is 0 Å². The Morgan fingerprint density at radius 2 is 2.00 bits per heavy atom. The number of carboxylic acid groups (broad SMARTS) is 1. The average molecular weight is 428 g/mol. The van der Waals surface area contributed by atoms with Crippen molar-refractivity contribution in [2.24, 2.45) is 0 Å². The molecule has 2 N–H and O–H groups in total. The second-order valence-corrected chi connectivity index (χ2v) is 8.60. The number of carbonyl (C=O) groups is 3. The fraction of sp³-hybridized carbons (Fsp3) is 0.312. The van der Waals surface area contributed by atoms with E-state index < -0.39 is 45.0 Å². The number of nitrogens with zero attached hydrogens (tertiary/aromatic N) is 1. The smallest absolute Gasteiger partial charge is 0.356 e. The lowest BCUT2D eigenvalue weighted by Crippen LogP contribution is -2.70. The molecule has 1 fully saturated rings. The second-order valence-electron chi connectivity index (χ2n) is 5.92. The first kappa shape index (κ1) is 20.0. The number of hydrogen-bond donors (Lipinski definition) is 2. The van der Waals surface area contributed by atoms with Gasteiger partial charge >= 0.3 is 16.1 Å². The maximum absolute atomic E-state index is 12.4. The van der Waals surface area contributed by atoms with E-state index in [1.807, 2.05) is 0 Å². The zero-order chi connectivity index (χ0) is 20.5. The van der Waals surface area contributed by atoms with Crippen LogP contribution in [0.2, 0.25) is 0 Å².